The molecule has 100 valence electrons. The van der Waals surface area contributed by atoms with E-state index in [1.165, 1.54) is 6.26 Å². The number of rotatable bonds is 6. The van der Waals surface area contributed by atoms with Crippen LogP contribution in [0.1, 0.15) is 40.0 Å². The van der Waals surface area contributed by atoms with Gasteiger partial charge >= 0.3 is 11.9 Å². The molecule has 0 saturated heterocycles. The number of ether oxygens (including phenoxy) is 1. The number of esters is 1. The van der Waals surface area contributed by atoms with E-state index in [1.54, 1.807) is 20.8 Å². The van der Waals surface area contributed by atoms with Gasteiger partial charge in [0, 0.05) is 0 Å². The van der Waals surface area contributed by atoms with Crippen molar-refractivity contribution in [1.29, 1.82) is 5.26 Å². The summed E-state index contributed by atoms with van der Waals surface area (Å²) in [5.74, 6) is -2.60. The van der Waals surface area contributed by atoms with E-state index in [0.29, 0.717) is 6.42 Å². The number of carboxylic acid groups (broad SMARTS) is 1. The summed E-state index contributed by atoms with van der Waals surface area (Å²) >= 11 is 0. The minimum Gasteiger partial charge on any atom is -0.481 e. The highest BCUT2D eigenvalue weighted by Crippen LogP contribution is 2.51. The highest BCUT2D eigenvalue weighted by atomic mass is 16.5. The topological polar surface area (TPSA) is 87.4 Å². The third-order valence-electron chi connectivity index (χ3n) is 4.05. The molecule has 5 heteroatoms. The van der Waals surface area contributed by atoms with Gasteiger partial charge in [0.2, 0.25) is 0 Å². The Balaban J connectivity index is 3.20. The van der Waals surface area contributed by atoms with Crippen LogP contribution in [0.2, 0.25) is 0 Å². The molecule has 0 aromatic rings. The van der Waals surface area contributed by atoms with Gasteiger partial charge in [-0.05, 0) is 31.1 Å². The number of nitrogens with zero attached hydrogens (tertiary/aromatic N) is 1. The monoisotopic (exact) mass is 253 g/mol. The summed E-state index contributed by atoms with van der Waals surface area (Å²) in [7, 11) is 0. The molecule has 1 saturated carbocycles. The van der Waals surface area contributed by atoms with Crippen LogP contribution in [0.5, 0.6) is 0 Å². The van der Waals surface area contributed by atoms with Gasteiger partial charge < -0.3 is 9.84 Å². The van der Waals surface area contributed by atoms with Crippen molar-refractivity contribution in [1.82, 2.24) is 0 Å². The molecule has 1 rings (SSSR count). The van der Waals surface area contributed by atoms with Crippen LogP contribution >= 0.6 is 0 Å². The van der Waals surface area contributed by atoms with Gasteiger partial charge in [-0.25, -0.2) is 0 Å². The molecule has 2 unspecified atom stereocenters. The van der Waals surface area contributed by atoms with Crippen LogP contribution in [0.3, 0.4) is 0 Å². The predicted molar refractivity (Wildman–Crippen MR) is 63.1 cm³/mol. The molecular weight excluding hydrogens is 234 g/mol. The fraction of sp³-hybridized carbons (Fsp3) is 0.769. The van der Waals surface area contributed by atoms with Crippen molar-refractivity contribution in [2.75, 3.05) is 0 Å². The van der Waals surface area contributed by atoms with Gasteiger partial charge in [-0.1, -0.05) is 20.8 Å². The van der Waals surface area contributed by atoms with Crippen molar-refractivity contribution in [3.63, 3.8) is 0 Å². The Kier molecular flexibility index (Phi) is 4.33. The van der Waals surface area contributed by atoms with Crippen molar-refractivity contribution in [2.45, 2.75) is 40.0 Å². The second-order valence-electron chi connectivity index (χ2n) is 5.18. The van der Waals surface area contributed by atoms with Gasteiger partial charge in [0.15, 0.2) is 0 Å². The maximum atomic E-state index is 12.1. The molecule has 1 N–H and O–H groups in total. The second-order valence-corrected chi connectivity index (χ2v) is 5.18. The summed E-state index contributed by atoms with van der Waals surface area (Å²) in [6, 6.07) is 0. The second kappa shape index (κ2) is 5.38. The van der Waals surface area contributed by atoms with E-state index in [9.17, 15) is 14.7 Å². The molecule has 0 radical (unpaired) electrons. The van der Waals surface area contributed by atoms with Crippen LogP contribution in [-0.2, 0) is 14.3 Å². The molecule has 5 nitrogen and oxygen atoms in total. The van der Waals surface area contributed by atoms with Crippen LogP contribution in [0.4, 0.5) is 0 Å². The Bertz CT molecular complexity index is 381. The number of carboxylic acids is 1. The zero-order valence-electron chi connectivity index (χ0n) is 11.0. The van der Waals surface area contributed by atoms with E-state index in [1.807, 2.05) is 0 Å². The fourth-order valence-electron chi connectivity index (χ4n) is 2.90. The highest BCUT2D eigenvalue weighted by molar-refractivity contribution is 5.85. The quantitative estimate of drug-likeness (QED) is 0.579. The van der Waals surface area contributed by atoms with Crippen LogP contribution < -0.4 is 0 Å². The van der Waals surface area contributed by atoms with E-state index in [4.69, 9.17) is 5.26 Å². The van der Waals surface area contributed by atoms with Gasteiger partial charge in [0.25, 0.3) is 6.26 Å². The number of hydrogen-bond donors (Lipinski definition) is 1. The number of nitriles is 1. The zero-order chi connectivity index (χ0) is 13.9. The van der Waals surface area contributed by atoms with Gasteiger partial charge in [0.1, 0.15) is 0 Å². The lowest BCUT2D eigenvalue weighted by Gasteiger charge is -2.38. The molecule has 1 fully saturated rings. The third-order valence-corrected chi connectivity index (χ3v) is 4.05. The smallest absolute Gasteiger partial charge is 0.328 e. The maximum Gasteiger partial charge on any atom is 0.328 e. The van der Waals surface area contributed by atoms with Crippen LogP contribution in [-0.4, -0.2) is 17.0 Å². The van der Waals surface area contributed by atoms with Gasteiger partial charge in [-0.2, -0.15) is 0 Å². The first kappa shape index (κ1) is 14.5. The molecule has 0 aromatic carbocycles. The summed E-state index contributed by atoms with van der Waals surface area (Å²) in [5.41, 5.74) is -1.11. The van der Waals surface area contributed by atoms with Crippen LogP contribution in [0.15, 0.2) is 0 Å². The van der Waals surface area contributed by atoms with Crippen molar-refractivity contribution in [2.24, 2.45) is 23.2 Å². The van der Waals surface area contributed by atoms with Crippen molar-refractivity contribution >= 4 is 11.9 Å². The predicted octanol–water partition coefficient (Wildman–Crippen LogP) is 2.17. The Morgan fingerprint density at radius 3 is 2.33 bits per heavy atom. The highest BCUT2D eigenvalue weighted by Gasteiger charge is 2.57. The molecule has 0 spiro atoms. The molecular formula is C13H19NO4. The molecule has 2 atom stereocenters. The Morgan fingerprint density at radius 2 is 2.06 bits per heavy atom. The largest absolute Gasteiger partial charge is 0.481 e. The first-order chi connectivity index (χ1) is 8.41. The standard InChI is InChI=1S/C13H19NO4/c1-4-13(8(2)3,12(17)18-7-14)10(11(15)16)9-5-6-9/h8-10H,4-6H2,1-3H3,(H,15,16). The first-order valence-electron chi connectivity index (χ1n) is 6.24. The van der Waals surface area contributed by atoms with E-state index in [2.05, 4.69) is 4.74 Å². The van der Waals surface area contributed by atoms with E-state index in [0.717, 1.165) is 12.8 Å². The maximum absolute atomic E-state index is 12.1. The van der Waals surface area contributed by atoms with Gasteiger partial charge in [-0.3, -0.25) is 9.59 Å². The Morgan fingerprint density at radius 1 is 1.50 bits per heavy atom. The van der Waals surface area contributed by atoms with E-state index < -0.39 is 23.3 Å². The summed E-state index contributed by atoms with van der Waals surface area (Å²) in [6.45, 7) is 5.39. The molecule has 1 aliphatic carbocycles. The van der Waals surface area contributed by atoms with E-state index in [-0.39, 0.29) is 11.8 Å². The van der Waals surface area contributed by atoms with Crippen molar-refractivity contribution < 1.29 is 19.4 Å². The molecule has 0 aromatic heterocycles. The Hall–Kier alpha value is -1.57. The zero-order valence-corrected chi connectivity index (χ0v) is 11.0. The number of hydrogen-bond acceptors (Lipinski definition) is 4. The van der Waals surface area contributed by atoms with Crippen LogP contribution in [0, 0.1) is 34.7 Å². The lowest BCUT2D eigenvalue weighted by Crippen LogP contribution is -2.47. The molecule has 0 amide bonds. The van der Waals surface area contributed by atoms with E-state index >= 15 is 0 Å². The molecule has 0 aliphatic heterocycles. The minimum atomic E-state index is -1.11. The SMILES string of the molecule is CCC(C(=O)OC#N)(C(C)C)C(C(=O)O)C1CC1. The molecule has 0 bridgehead atoms. The molecule has 18 heavy (non-hydrogen) atoms. The molecule has 0 heterocycles. The van der Waals surface area contributed by atoms with Crippen molar-refractivity contribution in [3.05, 3.63) is 0 Å². The average Bonchev–Trinajstić information content (AvgIpc) is 3.08. The normalized spacial score (nSPS) is 19.7. The number of carbonyl (C=O) groups excluding carboxylic acids is 1. The number of carbonyl (C=O) groups is 2. The van der Waals surface area contributed by atoms with Crippen molar-refractivity contribution in [3.8, 4) is 6.26 Å². The lowest BCUT2D eigenvalue weighted by atomic mass is 9.64. The summed E-state index contributed by atoms with van der Waals surface area (Å²) in [5, 5.41) is 17.9. The third kappa shape index (κ3) is 2.33. The fourth-order valence-corrected chi connectivity index (χ4v) is 2.90. The van der Waals surface area contributed by atoms with Gasteiger partial charge in [-0.15, -0.1) is 5.26 Å². The Labute approximate surface area is 107 Å². The van der Waals surface area contributed by atoms with Crippen LogP contribution in [0.25, 0.3) is 0 Å². The number of aliphatic carboxylic acids is 1. The summed E-state index contributed by atoms with van der Waals surface area (Å²) in [6.07, 6.45) is 3.38. The lowest BCUT2D eigenvalue weighted by molar-refractivity contribution is -0.168. The average molecular weight is 253 g/mol. The van der Waals surface area contributed by atoms with Gasteiger partial charge in [0.05, 0.1) is 11.3 Å². The first-order valence-corrected chi connectivity index (χ1v) is 6.24. The minimum absolute atomic E-state index is 0.0242. The summed E-state index contributed by atoms with van der Waals surface area (Å²) in [4.78, 5) is 23.6. The molecule has 1 aliphatic rings. The summed E-state index contributed by atoms with van der Waals surface area (Å²) < 4.78 is 4.47.